The molecule has 0 aliphatic rings. The van der Waals surface area contributed by atoms with E-state index < -0.39 is 0 Å². The van der Waals surface area contributed by atoms with Crippen molar-refractivity contribution in [2.45, 2.75) is 13.3 Å². The number of amides is 1. The Labute approximate surface area is 80.2 Å². The second-order valence-electron chi connectivity index (χ2n) is 3.08. The van der Waals surface area contributed by atoms with Gasteiger partial charge in [0.25, 0.3) is 0 Å². The SMILES string of the molecule is CCCN(C)CC(=O)NCCOC. The third kappa shape index (κ3) is 7.74. The lowest BCUT2D eigenvalue weighted by molar-refractivity contribution is -0.122. The van der Waals surface area contributed by atoms with E-state index in [0.717, 1.165) is 13.0 Å². The van der Waals surface area contributed by atoms with E-state index in [9.17, 15) is 4.79 Å². The molecule has 0 atom stereocenters. The van der Waals surface area contributed by atoms with Crippen LogP contribution >= 0.6 is 0 Å². The Morgan fingerprint density at radius 1 is 1.54 bits per heavy atom. The van der Waals surface area contributed by atoms with Crippen LogP contribution in [-0.4, -0.2) is 51.2 Å². The van der Waals surface area contributed by atoms with E-state index in [1.165, 1.54) is 0 Å². The van der Waals surface area contributed by atoms with Gasteiger partial charge in [-0.3, -0.25) is 9.69 Å². The molecule has 0 rings (SSSR count). The van der Waals surface area contributed by atoms with Crippen LogP contribution in [0.1, 0.15) is 13.3 Å². The normalized spacial score (nSPS) is 10.5. The van der Waals surface area contributed by atoms with Crippen LogP contribution in [-0.2, 0) is 9.53 Å². The highest BCUT2D eigenvalue weighted by Gasteiger charge is 2.03. The van der Waals surface area contributed by atoms with Gasteiger partial charge in [-0.25, -0.2) is 0 Å². The van der Waals surface area contributed by atoms with Crippen LogP contribution in [0.2, 0.25) is 0 Å². The highest BCUT2D eigenvalue weighted by atomic mass is 16.5. The number of carbonyl (C=O) groups is 1. The van der Waals surface area contributed by atoms with Crippen molar-refractivity contribution in [1.29, 1.82) is 0 Å². The maximum atomic E-state index is 11.2. The zero-order chi connectivity index (χ0) is 10.1. The van der Waals surface area contributed by atoms with E-state index in [-0.39, 0.29) is 5.91 Å². The number of nitrogens with zero attached hydrogens (tertiary/aromatic N) is 1. The van der Waals surface area contributed by atoms with E-state index in [4.69, 9.17) is 4.74 Å². The van der Waals surface area contributed by atoms with Crippen molar-refractivity contribution in [3.8, 4) is 0 Å². The van der Waals surface area contributed by atoms with Gasteiger partial charge >= 0.3 is 0 Å². The first-order valence-corrected chi connectivity index (χ1v) is 4.64. The molecule has 1 N–H and O–H groups in total. The molecule has 78 valence electrons. The fourth-order valence-corrected chi connectivity index (χ4v) is 1.05. The predicted octanol–water partition coefficient (Wildman–Crippen LogP) is 0.0908. The molecule has 0 spiro atoms. The van der Waals surface area contributed by atoms with Gasteiger partial charge in [-0.15, -0.1) is 0 Å². The molecule has 0 fully saturated rings. The molecule has 0 unspecified atom stereocenters. The first-order valence-electron chi connectivity index (χ1n) is 4.64. The lowest BCUT2D eigenvalue weighted by Gasteiger charge is -2.14. The number of rotatable bonds is 7. The Morgan fingerprint density at radius 2 is 2.23 bits per heavy atom. The fraction of sp³-hybridized carbons (Fsp3) is 0.889. The minimum Gasteiger partial charge on any atom is -0.383 e. The molecule has 0 aromatic carbocycles. The first-order chi connectivity index (χ1) is 6.20. The molecule has 0 aromatic heterocycles. The van der Waals surface area contributed by atoms with Crippen molar-refractivity contribution in [3.63, 3.8) is 0 Å². The zero-order valence-electron chi connectivity index (χ0n) is 8.80. The minimum atomic E-state index is 0.0630. The van der Waals surface area contributed by atoms with Crippen LogP contribution in [0.4, 0.5) is 0 Å². The Kier molecular flexibility index (Phi) is 7.63. The Balaban J connectivity index is 3.38. The highest BCUT2D eigenvalue weighted by molar-refractivity contribution is 5.77. The van der Waals surface area contributed by atoms with E-state index in [0.29, 0.717) is 19.7 Å². The molecule has 4 heteroatoms. The topological polar surface area (TPSA) is 41.6 Å². The van der Waals surface area contributed by atoms with Crippen molar-refractivity contribution in [3.05, 3.63) is 0 Å². The van der Waals surface area contributed by atoms with Crippen molar-refractivity contribution in [2.24, 2.45) is 0 Å². The van der Waals surface area contributed by atoms with Crippen LogP contribution in [0.5, 0.6) is 0 Å². The maximum Gasteiger partial charge on any atom is 0.234 e. The number of carbonyl (C=O) groups excluding carboxylic acids is 1. The van der Waals surface area contributed by atoms with Crippen LogP contribution in [0.15, 0.2) is 0 Å². The standard InChI is InChI=1S/C9H20N2O2/c1-4-6-11(2)8-9(12)10-5-7-13-3/h4-8H2,1-3H3,(H,10,12). The Hall–Kier alpha value is -0.610. The van der Waals surface area contributed by atoms with Gasteiger partial charge in [0.2, 0.25) is 5.91 Å². The quantitative estimate of drug-likeness (QED) is 0.576. The summed E-state index contributed by atoms with van der Waals surface area (Å²) in [7, 11) is 3.56. The van der Waals surface area contributed by atoms with Crippen LogP contribution in [0, 0.1) is 0 Å². The zero-order valence-corrected chi connectivity index (χ0v) is 8.80. The monoisotopic (exact) mass is 188 g/mol. The average Bonchev–Trinajstić information content (AvgIpc) is 2.05. The third-order valence-corrected chi connectivity index (χ3v) is 1.65. The molecule has 0 bridgehead atoms. The second kappa shape index (κ2) is 8.01. The van der Waals surface area contributed by atoms with Gasteiger partial charge in [-0.1, -0.05) is 6.92 Å². The largest absolute Gasteiger partial charge is 0.383 e. The van der Waals surface area contributed by atoms with Gasteiger partial charge in [0.1, 0.15) is 0 Å². The number of hydrogen-bond donors (Lipinski definition) is 1. The summed E-state index contributed by atoms with van der Waals surface area (Å²) in [6, 6.07) is 0. The van der Waals surface area contributed by atoms with Crippen molar-refractivity contribution in [1.82, 2.24) is 10.2 Å². The summed E-state index contributed by atoms with van der Waals surface area (Å²) < 4.78 is 4.82. The lowest BCUT2D eigenvalue weighted by atomic mass is 10.4. The molecule has 1 amide bonds. The van der Waals surface area contributed by atoms with Crippen LogP contribution < -0.4 is 5.32 Å². The maximum absolute atomic E-state index is 11.2. The number of hydrogen-bond acceptors (Lipinski definition) is 3. The van der Waals surface area contributed by atoms with Crippen LogP contribution in [0.3, 0.4) is 0 Å². The fourth-order valence-electron chi connectivity index (χ4n) is 1.05. The number of nitrogens with one attached hydrogen (secondary N) is 1. The molecule has 0 aliphatic heterocycles. The van der Waals surface area contributed by atoms with Crippen molar-refractivity contribution >= 4 is 5.91 Å². The van der Waals surface area contributed by atoms with Crippen molar-refractivity contribution in [2.75, 3.05) is 40.4 Å². The molecule has 0 heterocycles. The summed E-state index contributed by atoms with van der Waals surface area (Å²) in [4.78, 5) is 13.2. The summed E-state index contributed by atoms with van der Waals surface area (Å²) in [5.41, 5.74) is 0. The Bertz CT molecular complexity index is 140. The molecular formula is C9H20N2O2. The van der Waals surface area contributed by atoms with Gasteiger partial charge < -0.3 is 10.1 Å². The van der Waals surface area contributed by atoms with E-state index in [1.807, 2.05) is 11.9 Å². The van der Waals surface area contributed by atoms with E-state index >= 15 is 0 Å². The highest BCUT2D eigenvalue weighted by Crippen LogP contribution is 1.84. The molecule has 0 aliphatic carbocycles. The lowest BCUT2D eigenvalue weighted by Crippen LogP contribution is -2.36. The molecular weight excluding hydrogens is 168 g/mol. The molecule has 4 nitrogen and oxygen atoms in total. The molecule has 0 saturated carbocycles. The van der Waals surface area contributed by atoms with Crippen molar-refractivity contribution < 1.29 is 9.53 Å². The van der Waals surface area contributed by atoms with Crippen LogP contribution in [0.25, 0.3) is 0 Å². The number of likely N-dealkylation sites (N-methyl/N-ethyl adjacent to an activating group) is 1. The summed E-state index contributed by atoms with van der Waals surface area (Å²) >= 11 is 0. The van der Waals surface area contributed by atoms with Gasteiger partial charge in [0.05, 0.1) is 13.2 Å². The average molecular weight is 188 g/mol. The van der Waals surface area contributed by atoms with E-state index in [1.54, 1.807) is 7.11 Å². The molecule has 0 radical (unpaired) electrons. The molecule has 13 heavy (non-hydrogen) atoms. The smallest absolute Gasteiger partial charge is 0.234 e. The number of methoxy groups -OCH3 is 1. The minimum absolute atomic E-state index is 0.0630. The summed E-state index contributed by atoms with van der Waals surface area (Å²) in [5.74, 6) is 0.0630. The van der Waals surface area contributed by atoms with Gasteiger partial charge in [-0.05, 0) is 20.0 Å². The predicted molar refractivity (Wildman–Crippen MR) is 52.7 cm³/mol. The van der Waals surface area contributed by atoms with Gasteiger partial charge in [0.15, 0.2) is 0 Å². The summed E-state index contributed by atoms with van der Waals surface area (Å²) in [6.07, 6.45) is 1.07. The first kappa shape index (κ1) is 12.4. The third-order valence-electron chi connectivity index (χ3n) is 1.65. The number of ether oxygens (including phenoxy) is 1. The van der Waals surface area contributed by atoms with Gasteiger partial charge in [0, 0.05) is 13.7 Å². The molecule has 0 aromatic rings. The van der Waals surface area contributed by atoms with E-state index in [2.05, 4.69) is 12.2 Å². The summed E-state index contributed by atoms with van der Waals surface area (Å²) in [6.45, 7) is 4.69. The van der Waals surface area contributed by atoms with Gasteiger partial charge in [-0.2, -0.15) is 0 Å². The second-order valence-corrected chi connectivity index (χ2v) is 3.08. The molecule has 0 saturated heterocycles. The summed E-state index contributed by atoms with van der Waals surface area (Å²) in [5, 5.41) is 2.77. The Morgan fingerprint density at radius 3 is 2.77 bits per heavy atom.